The molecule has 3 aromatic rings. The molecule has 0 spiro atoms. The summed E-state index contributed by atoms with van der Waals surface area (Å²) in [5, 5.41) is 5.19. The first-order chi connectivity index (χ1) is 15.1. The highest BCUT2D eigenvalue weighted by Gasteiger charge is 2.12. The van der Waals surface area contributed by atoms with E-state index in [9.17, 15) is 14.4 Å². The number of hydrogen-bond donors (Lipinski definition) is 4. The molecule has 0 unspecified atom stereocenters. The fraction of sp³-hybridized carbons (Fsp3) is 0.136. The van der Waals surface area contributed by atoms with Gasteiger partial charge in [0.05, 0.1) is 0 Å². The van der Waals surface area contributed by atoms with Crippen LogP contribution in [0, 0.1) is 0 Å². The third kappa shape index (κ3) is 6.93. The van der Waals surface area contributed by atoms with E-state index in [1.807, 2.05) is 36.4 Å². The molecule has 3 rings (SSSR count). The zero-order valence-electron chi connectivity index (χ0n) is 16.6. The lowest BCUT2D eigenvalue weighted by Gasteiger charge is -2.09. The molecule has 1 aromatic heterocycles. The minimum absolute atomic E-state index is 0.0297. The monoisotopic (exact) mass is 422 g/mol. The number of hydrazine groups is 1. The van der Waals surface area contributed by atoms with Crippen molar-refractivity contribution in [2.75, 3.05) is 13.1 Å². The summed E-state index contributed by atoms with van der Waals surface area (Å²) in [4.78, 5) is 35.7. The van der Waals surface area contributed by atoms with Gasteiger partial charge in [-0.1, -0.05) is 36.4 Å². The molecule has 31 heavy (non-hydrogen) atoms. The predicted molar refractivity (Wildman–Crippen MR) is 112 cm³/mol. The van der Waals surface area contributed by atoms with Gasteiger partial charge in [0.2, 0.25) is 0 Å². The van der Waals surface area contributed by atoms with E-state index in [1.165, 1.54) is 6.07 Å². The van der Waals surface area contributed by atoms with Gasteiger partial charge in [-0.3, -0.25) is 15.0 Å². The number of urea groups is 1. The lowest BCUT2D eigenvalue weighted by atomic mass is 10.2. The van der Waals surface area contributed by atoms with E-state index >= 15 is 0 Å². The number of rotatable bonds is 8. The molecule has 0 saturated carbocycles. The van der Waals surface area contributed by atoms with Crippen LogP contribution < -0.4 is 26.2 Å². The Kier molecular flexibility index (Phi) is 7.64. The second kappa shape index (κ2) is 11.1. The van der Waals surface area contributed by atoms with Gasteiger partial charge < -0.3 is 19.8 Å². The second-order valence-electron chi connectivity index (χ2n) is 6.32. The van der Waals surface area contributed by atoms with Crippen molar-refractivity contribution in [2.45, 2.75) is 6.61 Å². The summed E-state index contributed by atoms with van der Waals surface area (Å²) in [5.41, 5.74) is 4.99. The topological polar surface area (TPSA) is 122 Å². The lowest BCUT2D eigenvalue weighted by molar-refractivity contribution is 0.0904. The lowest BCUT2D eigenvalue weighted by Crippen LogP contribution is -2.48. The number of hydrogen-bond acceptors (Lipinski definition) is 5. The zero-order chi connectivity index (χ0) is 21.9. The number of ether oxygens (including phenoxy) is 1. The normalized spacial score (nSPS) is 10.1. The first kappa shape index (κ1) is 21.4. The van der Waals surface area contributed by atoms with Gasteiger partial charge in [-0.15, -0.1) is 0 Å². The van der Waals surface area contributed by atoms with E-state index in [0.717, 1.165) is 0 Å². The minimum Gasteiger partial charge on any atom is -0.486 e. The Bertz CT molecular complexity index is 1010. The summed E-state index contributed by atoms with van der Waals surface area (Å²) in [5.74, 6) is 0.331. The van der Waals surface area contributed by atoms with Crippen LogP contribution in [0.2, 0.25) is 0 Å². The predicted octanol–water partition coefficient (Wildman–Crippen LogP) is 2.23. The number of benzene rings is 2. The third-order valence-corrected chi connectivity index (χ3v) is 4.03. The van der Waals surface area contributed by atoms with E-state index in [4.69, 9.17) is 9.15 Å². The summed E-state index contributed by atoms with van der Waals surface area (Å²) in [6.45, 7) is 0.583. The van der Waals surface area contributed by atoms with Crippen LogP contribution in [0.4, 0.5) is 4.79 Å². The maximum atomic E-state index is 12.1. The van der Waals surface area contributed by atoms with Crippen LogP contribution in [-0.4, -0.2) is 30.9 Å². The quantitative estimate of drug-likeness (QED) is 0.328. The average molecular weight is 422 g/mol. The maximum Gasteiger partial charge on any atom is 0.333 e. The Hall–Kier alpha value is -4.27. The molecular weight excluding hydrogens is 400 g/mol. The van der Waals surface area contributed by atoms with Crippen molar-refractivity contribution in [3.8, 4) is 5.75 Å². The fourth-order valence-electron chi connectivity index (χ4n) is 2.51. The highest BCUT2D eigenvalue weighted by atomic mass is 16.5. The molecule has 9 nitrogen and oxygen atoms in total. The Balaban J connectivity index is 1.32. The summed E-state index contributed by atoms with van der Waals surface area (Å²) in [6, 6.07) is 20.4. The Morgan fingerprint density at radius 3 is 2.16 bits per heavy atom. The summed E-state index contributed by atoms with van der Waals surface area (Å²) in [7, 11) is 0. The Labute approximate surface area is 178 Å². The van der Waals surface area contributed by atoms with Gasteiger partial charge in [-0.25, -0.2) is 10.2 Å². The molecule has 0 fully saturated rings. The maximum absolute atomic E-state index is 12.1. The summed E-state index contributed by atoms with van der Waals surface area (Å²) >= 11 is 0. The number of furan rings is 1. The van der Waals surface area contributed by atoms with Crippen molar-refractivity contribution < 1.29 is 23.5 Å². The molecule has 2 aromatic carbocycles. The van der Waals surface area contributed by atoms with Gasteiger partial charge in [0.1, 0.15) is 18.1 Å². The van der Waals surface area contributed by atoms with Crippen LogP contribution in [0.15, 0.2) is 77.2 Å². The number of nitrogens with one attached hydrogen (secondary N) is 4. The van der Waals surface area contributed by atoms with E-state index in [0.29, 0.717) is 17.1 Å². The SMILES string of the molecule is O=C(NCCNC(=O)c1ccccc1)NNC(=O)c1ccc(COc2ccccc2)o1. The molecule has 0 aliphatic rings. The fourth-order valence-corrected chi connectivity index (χ4v) is 2.51. The number of amides is 4. The van der Waals surface area contributed by atoms with E-state index in [2.05, 4.69) is 21.5 Å². The molecule has 160 valence electrons. The average Bonchev–Trinajstić information content (AvgIpc) is 3.29. The van der Waals surface area contributed by atoms with Crippen LogP contribution in [0.3, 0.4) is 0 Å². The van der Waals surface area contributed by atoms with Crippen LogP contribution in [0.1, 0.15) is 26.7 Å². The first-order valence-electron chi connectivity index (χ1n) is 9.56. The van der Waals surface area contributed by atoms with Crippen molar-refractivity contribution in [3.63, 3.8) is 0 Å². The van der Waals surface area contributed by atoms with Gasteiger partial charge in [-0.2, -0.15) is 0 Å². The van der Waals surface area contributed by atoms with Gasteiger partial charge >= 0.3 is 11.9 Å². The molecule has 9 heteroatoms. The molecule has 4 N–H and O–H groups in total. The molecule has 0 atom stereocenters. The van der Waals surface area contributed by atoms with Crippen molar-refractivity contribution in [2.24, 2.45) is 0 Å². The van der Waals surface area contributed by atoms with Gasteiger partial charge in [0.15, 0.2) is 5.76 Å². The second-order valence-corrected chi connectivity index (χ2v) is 6.32. The molecule has 0 aliphatic heterocycles. The third-order valence-electron chi connectivity index (χ3n) is 4.03. The molecule has 0 saturated heterocycles. The van der Waals surface area contributed by atoms with Gasteiger partial charge in [0.25, 0.3) is 5.91 Å². The van der Waals surface area contributed by atoms with Crippen molar-refractivity contribution in [3.05, 3.63) is 89.9 Å². The Morgan fingerprint density at radius 1 is 0.742 bits per heavy atom. The highest BCUT2D eigenvalue weighted by Crippen LogP contribution is 2.13. The first-order valence-corrected chi connectivity index (χ1v) is 9.56. The van der Waals surface area contributed by atoms with Crippen LogP contribution in [0.25, 0.3) is 0 Å². The summed E-state index contributed by atoms with van der Waals surface area (Å²) < 4.78 is 11.0. The highest BCUT2D eigenvalue weighted by molar-refractivity contribution is 5.94. The Morgan fingerprint density at radius 2 is 1.42 bits per heavy atom. The van der Waals surface area contributed by atoms with Crippen molar-refractivity contribution in [1.82, 2.24) is 21.5 Å². The molecule has 0 radical (unpaired) electrons. The van der Waals surface area contributed by atoms with E-state index < -0.39 is 11.9 Å². The smallest absolute Gasteiger partial charge is 0.333 e. The molecule has 4 amide bonds. The van der Waals surface area contributed by atoms with E-state index in [1.54, 1.807) is 30.3 Å². The molecule has 0 bridgehead atoms. The van der Waals surface area contributed by atoms with Crippen molar-refractivity contribution >= 4 is 17.8 Å². The van der Waals surface area contributed by atoms with Gasteiger partial charge in [0, 0.05) is 18.7 Å². The van der Waals surface area contributed by atoms with Gasteiger partial charge in [-0.05, 0) is 36.4 Å². The number of carbonyl (C=O) groups excluding carboxylic acids is 3. The van der Waals surface area contributed by atoms with Crippen LogP contribution in [0.5, 0.6) is 5.75 Å². The summed E-state index contributed by atoms with van der Waals surface area (Å²) in [6.07, 6.45) is 0. The zero-order valence-corrected chi connectivity index (χ0v) is 16.6. The van der Waals surface area contributed by atoms with Crippen LogP contribution >= 0.6 is 0 Å². The molecule has 1 heterocycles. The minimum atomic E-state index is -0.624. The number of para-hydroxylation sites is 1. The largest absolute Gasteiger partial charge is 0.486 e. The van der Waals surface area contributed by atoms with Crippen LogP contribution in [-0.2, 0) is 6.61 Å². The molecule has 0 aliphatic carbocycles. The van der Waals surface area contributed by atoms with E-state index in [-0.39, 0.29) is 31.4 Å². The van der Waals surface area contributed by atoms with Crippen molar-refractivity contribution in [1.29, 1.82) is 0 Å². The molecular formula is C22H22N4O5. The standard InChI is InChI=1S/C22H22N4O5/c27-20(16-7-3-1-4-8-16)23-13-14-24-22(29)26-25-21(28)19-12-11-18(31-19)15-30-17-9-5-2-6-10-17/h1-12H,13-15H2,(H,23,27)(H,25,28)(H2,24,26,29). The number of carbonyl (C=O) groups is 3.